The largest absolute Gasteiger partial charge is 0.464 e. The van der Waals surface area contributed by atoms with E-state index in [1.165, 1.54) is 7.11 Å². The SMILES string of the molecule is COC(=O)c1ncoc1CCO. The highest BCUT2D eigenvalue weighted by molar-refractivity contribution is 5.88. The molecule has 66 valence electrons. The Kier molecular flexibility index (Phi) is 2.82. The Morgan fingerprint density at radius 2 is 2.58 bits per heavy atom. The fourth-order valence-corrected chi connectivity index (χ4v) is 0.813. The summed E-state index contributed by atoms with van der Waals surface area (Å²) >= 11 is 0. The van der Waals surface area contributed by atoms with E-state index < -0.39 is 5.97 Å². The molecule has 0 aliphatic heterocycles. The first-order valence-electron chi connectivity index (χ1n) is 3.41. The molecule has 0 saturated carbocycles. The molecule has 0 fully saturated rings. The molecular weight excluding hydrogens is 162 g/mol. The predicted molar refractivity (Wildman–Crippen MR) is 38.6 cm³/mol. The lowest BCUT2D eigenvalue weighted by Crippen LogP contribution is -2.05. The molecule has 0 spiro atoms. The van der Waals surface area contributed by atoms with E-state index in [4.69, 9.17) is 9.52 Å². The van der Waals surface area contributed by atoms with Crippen molar-refractivity contribution < 1.29 is 19.1 Å². The van der Waals surface area contributed by atoms with Crippen LogP contribution < -0.4 is 0 Å². The summed E-state index contributed by atoms with van der Waals surface area (Å²) in [5.41, 5.74) is 0.131. The van der Waals surface area contributed by atoms with Crippen molar-refractivity contribution in [1.29, 1.82) is 0 Å². The van der Waals surface area contributed by atoms with E-state index in [9.17, 15) is 4.79 Å². The van der Waals surface area contributed by atoms with Gasteiger partial charge >= 0.3 is 5.97 Å². The lowest BCUT2D eigenvalue weighted by molar-refractivity contribution is 0.0592. The summed E-state index contributed by atoms with van der Waals surface area (Å²) in [6.07, 6.45) is 1.42. The number of carbonyl (C=O) groups is 1. The number of nitrogens with zero attached hydrogens (tertiary/aromatic N) is 1. The summed E-state index contributed by atoms with van der Waals surface area (Å²) in [4.78, 5) is 14.6. The second kappa shape index (κ2) is 3.87. The highest BCUT2D eigenvalue weighted by Crippen LogP contribution is 2.08. The lowest BCUT2D eigenvalue weighted by atomic mass is 10.3. The second-order valence-electron chi connectivity index (χ2n) is 2.09. The van der Waals surface area contributed by atoms with Crippen molar-refractivity contribution in [3.05, 3.63) is 17.8 Å². The van der Waals surface area contributed by atoms with E-state index in [-0.39, 0.29) is 18.7 Å². The van der Waals surface area contributed by atoms with Crippen LogP contribution in [0.4, 0.5) is 0 Å². The summed E-state index contributed by atoms with van der Waals surface area (Å²) in [5.74, 6) is -0.198. The first kappa shape index (κ1) is 8.73. The Bertz CT molecular complexity index is 268. The lowest BCUT2D eigenvalue weighted by Gasteiger charge is -1.95. The van der Waals surface area contributed by atoms with Crippen molar-refractivity contribution in [2.75, 3.05) is 13.7 Å². The molecule has 0 saturated heterocycles. The second-order valence-corrected chi connectivity index (χ2v) is 2.09. The highest BCUT2D eigenvalue weighted by Gasteiger charge is 2.15. The minimum absolute atomic E-state index is 0.0841. The summed E-state index contributed by atoms with van der Waals surface area (Å²) < 4.78 is 9.29. The average molecular weight is 171 g/mol. The quantitative estimate of drug-likeness (QED) is 0.648. The Morgan fingerprint density at radius 3 is 3.17 bits per heavy atom. The summed E-state index contributed by atoms with van der Waals surface area (Å²) in [5, 5.41) is 8.58. The van der Waals surface area contributed by atoms with Gasteiger partial charge < -0.3 is 14.3 Å². The van der Waals surface area contributed by atoms with Crippen molar-refractivity contribution in [1.82, 2.24) is 4.98 Å². The van der Waals surface area contributed by atoms with Crippen LogP contribution in [0.2, 0.25) is 0 Å². The van der Waals surface area contributed by atoms with Crippen LogP contribution in [0.3, 0.4) is 0 Å². The van der Waals surface area contributed by atoms with Crippen LogP contribution in [0.25, 0.3) is 0 Å². The van der Waals surface area contributed by atoms with E-state index in [0.29, 0.717) is 5.76 Å². The third-order valence-electron chi connectivity index (χ3n) is 1.36. The van der Waals surface area contributed by atoms with Gasteiger partial charge in [-0.1, -0.05) is 0 Å². The number of oxazole rings is 1. The number of esters is 1. The van der Waals surface area contributed by atoms with Crippen LogP contribution in [0.15, 0.2) is 10.8 Å². The van der Waals surface area contributed by atoms with Gasteiger partial charge in [0, 0.05) is 6.42 Å². The fourth-order valence-electron chi connectivity index (χ4n) is 0.813. The first-order chi connectivity index (χ1) is 5.79. The molecule has 0 radical (unpaired) electrons. The molecule has 5 nitrogen and oxygen atoms in total. The monoisotopic (exact) mass is 171 g/mol. The Hall–Kier alpha value is -1.36. The predicted octanol–water partition coefficient (Wildman–Crippen LogP) is -0.00400. The molecule has 0 atom stereocenters. The van der Waals surface area contributed by atoms with Crippen molar-refractivity contribution in [3.8, 4) is 0 Å². The maximum Gasteiger partial charge on any atom is 0.360 e. The standard InChI is InChI=1S/C7H9NO4/c1-11-7(10)6-5(2-3-9)12-4-8-6/h4,9H,2-3H2,1H3. The number of aliphatic hydroxyl groups is 1. The van der Waals surface area contributed by atoms with Gasteiger partial charge in [-0.3, -0.25) is 0 Å². The molecule has 0 amide bonds. The van der Waals surface area contributed by atoms with Gasteiger partial charge in [-0.15, -0.1) is 0 Å². The van der Waals surface area contributed by atoms with Gasteiger partial charge in [-0.25, -0.2) is 9.78 Å². The number of methoxy groups -OCH3 is 1. The molecule has 0 aliphatic rings. The number of aliphatic hydroxyl groups excluding tert-OH is 1. The number of rotatable bonds is 3. The maximum atomic E-state index is 10.9. The molecule has 1 aromatic heterocycles. The molecule has 0 bridgehead atoms. The van der Waals surface area contributed by atoms with Crippen LogP contribution in [0.1, 0.15) is 16.2 Å². The number of aromatic nitrogens is 1. The van der Waals surface area contributed by atoms with Gasteiger partial charge in [-0.2, -0.15) is 0 Å². The molecule has 12 heavy (non-hydrogen) atoms. The van der Waals surface area contributed by atoms with Gasteiger partial charge in [0.2, 0.25) is 0 Å². The zero-order chi connectivity index (χ0) is 8.97. The molecular formula is C7H9NO4. The number of hydrogen-bond donors (Lipinski definition) is 1. The van der Waals surface area contributed by atoms with Crippen molar-refractivity contribution in [3.63, 3.8) is 0 Å². The molecule has 1 rings (SSSR count). The minimum Gasteiger partial charge on any atom is -0.464 e. The van der Waals surface area contributed by atoms with Gasteiger partial charge in [0.1, 0.15) is 5.76 Å². The summed E-state index contributed by atoms with van der Waals surface area (Å²) in [6, 6.07) is 0. The molecule has 0 unspecified atom stereocenters. The summed E-state index contributed by atoms with van der Waals surface area (Å²) in [7, 11) is 1.26. The van der Waals surface area contributed by atoms with Crippen molar-refractivity contribution >= 4 is 5.97 Å². The maximum absolute atomic E-state index is 10.9. The van der Waals surface area contributed by atoms with Crippen molar-refractivity contribution in [2.45, 2.75) is 6.42 Å². The number of ether oxygens (including phenoxy) is 1. The molecule has 1 N–H and O–H groups in total. The van der Waals surface area contributed by atoms with Crippen LogP contribution in [-0.4, -0.2) is 29.8 Å². The van der Waals surface area contributed by atoms with Gasteiger partial charge in [0.15, 0.2) is 12.1 Å². The Morgan fingerprint density at radius 1 is 1.83 bits per heavy atom. The first-order valence-corrected chi connectivity index (χ1v) is 3.41. The van der Waals surface area contributed by atoms with E-state index in [1.807, 2.05) is 0 Å². The minimum atomic E-state index is -0.549. The average Bonchev–Trinajstić information content (AvgIpc) is 2.52. The Labute approximate surface area is 69.0 Å². The van der Waals surface area contributed by atoms with E-state index in [2.05, 4.69) is 9.72 Å². The van der Waals surface area contributed by atoms with E-state index in [0.717, 1.165) is 6.39 Å². The van der Waals surface area contributed by atoms with Gasteiger partial charge in [0.25, 0.3) is 0 Å². The van der Waals surface area contributed by atoms with Crippen LogP contribution in [0, 0.1) is 0 Å². The number of hydrogen-bond acceptors (Lipinski definition) is 5. The van der Waals surface area contributed by atoms with Crippen molar-refractivity contribution in [2.24, 2.45) is 0 Å². The van der Waals surface area contributed by atoms with E-state index in [1.54, 1.807) is 0 Å². The third kappa shape index (κ3) is 1.62. The molecule has 0 aromatic carbocycles. The number of carbonyl (C=O) groups excluding carboxylic acids is 1. The van der Waals surface area contributed by atoms with Crippen LogP contribution in [0.5, 0.6) is 0 Å². The zero-order valence-electron chi connectivity index (χ0n) is 6.61. The normalized spacial score (nSPS) is 9.83. The summed E-state index contributed by atoms with van der Waals surface area (Å²) in [6.45, 7) is -0.0841. The highest BCUT2D eigenvalue weighted by atomic mass is 16.5. The van der Waals surface area contributed by atoms with Gasteiger partial charge in [-0.05, 0) is 0 Å². The molecule has 0 aliphatic carbocycles. The molecule has 1 aromatic rings. The molecule has 1 heterocycles. The van der Waals surface area contributed by atoms with Crippen LogP contribution in [-0.2, 0) is 11.2 Å². The smallest absolute Gasteiger partial charge is 0.360 e. The fraction of sp³-hybridized carbons (Fsp3) is 0.429. The zero-order valence-corrected chi connectivity index (χ0v) is 6.61. The Balaban J connectivity index is 2.83. The van der Waals surface area contributed by atoms with Gasteiger partial charge in [0.05, 0.1) is 13.7 Å². The third-order valence-corrected chi connectivity index (χ3v) is 1.36. The molecule has 5 heteroatoms. The van der Waals surface area contributed by atoms with Crippen LogP contribution >= 0.6 is 0 Å². The topological polar surface area (TPSA) is 72.6 Å². The van der Waals surface area contributed by atoms with E-state index >= 15 is 0 Å².